The number of esters is 1. The Bertz CT molecular complexity index is 878. The van der Waals surface area contributed by atoms with Crippen molar-refractivity contribution in [2.75, 3.05) is 38.7 Å². The van der Waals surface area contributed by atoms with Gasteiger partial charge in [0.05, 0.1) is 13.7 Å². The Labute approximate surface area is 189 Å². The Morgan fingerprint density at radius 2 is 1.77 bits per heavy atom. The molecule has 0 amide bonds. The van der Waals surface area contributed by atoms with Crippen molar-refractivity contribution in [2.45, 2.75) is 32.9 Å². The van der Waals surface area contributed by atoms with Gasteiger partial charge in [-0.15, -0.1) is 0 Å². The van der Waals surface area contributed by atoms with Crippen LogP contribution in [0.2, 0.25) is 5.02 Å². The molecule has 7 heteroatoms. The molecule has 168 valence electrons. The normalized spacial score (nSPS) is 11.3. The third-order valence-corrected chi connectivity index (χ3v) is 4.80. The van der Waals surface area contributed by atoms with Crippen LogP contribution in [-0.4, -0.2) is 56.5 Å². The highest BCUT2D eigenvalue weighted by Gasteiger charge is 2.19. The van der Waals surface area contributed by atoms with E-state index >= 15 is 0 Å². The fraction of sp³-hybridized carbons (Fsp3) is 0.417. The maximum absolute atomic E-state index is 12.1. The molecule has 0 spiro atoms. The molecule has 0 atom stereocenters. The summed E-state index contributed by atoms with van der Waals surface area (Å²) in [7, 11) is 3.50. The number of hydrogen-bond acceptors (Lipinski definition) is 6. The summed E-state index contributed by atoms with van der Waals surface area (Å²) >= 11 is 6.22. The molecule has 0 aliphatic rings. The molecule has 0 unspecified atom stereocenters. The van der Waals surface area contributed by atoms with Crippen molar-refractivity contribution >= 4 is 29.5 Å². The molecule has 0 aliphatic heterocycles. The molecule has 0 aliphatic carbocycles. The zero-order valence-corrected chi connectivity index (χ0v) is 19.6. The number of benzene rings is 2. The summed E-state index contributed by atoms with van der Waals surface area (Å²) in [6.07, 6.45) is 0.830. The van der Waals surface area contributed by atoms with Gasteiger partial charge in [-0.2, -0.15) is 0 Å². The summed E-state index contributed by atoms with van der Waals surface area (Å²) in [5.41, 5.74) is 1.86. The van der Waals surface area contributed by atoms with Gasteiger partial charge in [-0.3, -0.25) is 14.5 Å². The van der Waals surface area contributed by atoms with E-state index < -0.39 is 5.60 Å². The quantitative estimate of drug-likeness (QED) is 0.397. The first kappa shape index (κ1) is 24.7. The molecule has 2 aromatic rings. The van der Waals surface area contributed by atoms with Gasteiger partial charge in [0.15, 0.2) is 6.29 Å². The van der Waals surface area contributed by atoms with Gasteiger partial charge in [-0.25, -0.2) is 0 Å². The van der Waals surface area contributed by atoms with E-state index in [1.54, 1.807) is 25.3 Å². The van der Waals surface area contributed by atoms with E-state index in [2.05, 4.69) is 4.90 Å². The molecule has 0 saturated heterocycles. The van der Waals surface area contributed by atoms with Crippen LogP contribution in [0, 0.1) is 0 Å². The van der Waals surface area contributed by atoms with Gasteiger partial charge in [0, 0.05) is 35.9 Å². The van der Waals surface area contributed by atoms with Crippen LogP contribution in [0.1, 0.15) is 36.7 Å². The first-order valence-electron chi connectivity index (χ1n) is 10.1. The lowest BCUT2D eigenvalue weighted by atomic mass is 10.1. The molecule has 0 saturated carbocycles. The van der Waals surface area contributed by atoms with Crippen LogP contribution < -0.4 is 9.64 Å². The van der Waals surface area contributed by atoms with Gasteiger partial charge in [0.1, 0.15) is 11.4 Å². The van der Waals surface area contributed by atoms with Crippen LogP contribution in [0.5, 0.6) is 5.75 Å². The summed E-state index contributed by atoms with van der Waals surface area (Å²) in [5.74, 6) is 0.511. The van der Waals surface area contributed by atoms with Gasteiger partial charge < -0.3 is 14.4 Å². The summed E-state index contributed by atoms with van der Waals surface area (Å²) in [4.78, 5) is 27.8. The highest BCUT2D eigenvalue weighted by atomic mass is 35.5. The van der Waals surface area contributed by atoms with Gasteiger partial charge in [0.25, 0.3) is 0 Å². The molecule has 2 rings (SSSR count). The molecule has 31 heavy (non-hydrogen) atoms. The van der Waals surface area contributed by atoms with E-state index in [9.17, 15) is 9.59 Å². The number of hydrogen-bond donors (Lipinski definition) is 0. The van der Waals surface area contributed by atoms with Crippen LogP contribution in [0.3, 0.4) is 0 Å². The second-order valence-corrected chi connectivity index (χ2v) is 8.85. The lowest BCUT2D eigenvalue weighted by Crippen LogP contribution is -2.38. The number of methoxy groups -OCH3 is 1. The zero-order chi connectivity index (χ0) is 23.0. The molecule has 0 heterocycles. The average Bonchev–Trinajstić information content (AvgIpc) is 2.70. The number of carbonyl (C=O) groups excluding carboxylic acids is 2. The summed E-state index contributed by atoms with van der Waals surface area (Å²) in [5, 5.41) is 0.558. The standard InChI is InChI=1S/C24H31ClN2O4/c1-24(2,3)31-23(29)16-26(4)12-13-27(15-18-6-10-21(30-5)11-7-18)22-14-20(25)9-8-19(22)17-28/h6-11,14,17H,12-13,15-16H2,1-5H3. The SMILES string of the molecule is COc1ccc(CN(CCN(C)CC(=O)OC(C)(C)C)c2cc(Cl)ccc2C=O)cc1. The molecule has 0 aromatic heterocycles. The van der Waals surface area contributed by atoms with Crippen molar-refractivity contribution in [1.82, 2.24) is 4.90 Å². The molecule has 0 bridgehead atoms. The van der Waals surface area contributed by atoms with Crippen LogP contribution in [0.4, 0.5) is 5.69 Å². The fourth-order valence-corrected chi connectivity index (χ4v) is 3.26. The van der Waals surface area contributed by atoms with E-state index in [0.29, 0.717) is 30.2 Å². The monoisotopic (exact) mass is 446 g/mol. The Kier molecular flexibility index (Phi) is 8.89. The number of carbonyl (C=O) groups is 2. The molecular weight excluding hydrogens is 416 g/mol. The lowest BCUT2D eigenvalue weighted by Gasteiger charge is -2.29. The van der Waals surface area contributed by atoms with Gasteiger partial charge in [-0.05, 0) is 63.7 Å². The van der Waals surface area contributed by atoms with Crippen LogP contribution in [-0.2, 0) is 16.1 Å². The molecule has 0 fully saturated rings. The van der Waals surface area contributed by atoms with E-state index in [1.807, 2.05) is 57.0 Å². The predicted octanol–water partition coefficient (Wildman–Crippen LogP) is 4.44. The Morgan fingerprint density at radius 3 is 2.35 bits per heavy atom. The smallest absolute Gasteiger partial charge is 0.320 e. The predicted molar refractivity (Wildman–Crippen MR) is 124 cm³/mol. The maximum atomic E-state index is 12.1. The largest absolute Gasteiger partial charge is 0.497 e. The first-order valence-corrected chi connectivity index (χ1v) is 10.5. The third-order valence-electron chi connectivity index (χ3n) is 4.56. The second kappa shape index (κ2) is 11.2. The summed E-state index contributed by atoms with van der Waals surface area (Å²) < 4.78 is 10.6. The molecule has 2 aromatic carbocycles. The van der Waals surface area contributed by atoms with Gasteiger partial charge in [-0.1, -0.05) is 23.7 Å². The molecular formula is C24H31ClN2O4. The lowest BCUT2D eigenvalue weighted by molar-refractivity contribution is -0.155. The van der Waals surface area contributed by atoms with Gasteiger partial charge in [0.2, 0.25) is 0 Å². The van der Waals surface area contributed by atoms with Crippen LogP contribution in [0.25, 0.3) is 0 Å². The van der Waals surface area contributed by atoms with Crippen molar-refractivity contribution in [3.05, 3.63) is 58.6 Å². The van der Waals surface area contributed by atoms with Crippen molar-refractivity contribution in [3.8, 4) is 5.75 Å². The Hall–Kier alpha value is -2.57. The first-order chi connectivity index (χ1) is 14.6. The van der Waals surface area contributed by atoms with E-state index in [1.165, 1.54) is 0 Å². The molecule has 0 radical (unpaired) electrons. The van der Waals surface area contributed by atoms with E-state index in [-0.39, 0.29) is 12.5 Å². The fourth-order valence-electron chi connectivity index (χ4n) is 3.09. The Morgan fingerprint density at radius 1 is 1.10 bits per heavy atom. The summed E-state index contributed by atoms with van der Waals surface area (Å²) in [6, 6.07) is 13.0. The van der Waals surface area contributed by atoms with E-state index in [4.69, 9.17) is 21.1 Å². The minimum atomic E-state index is -0.516. The zero-order valence-electron chi connectivity index (χ0n) is 18.9. The number of nitrogens with zero attached hydrogens (tertiary/aromatic N) is 2. The number of halogens is 1. The van der Waals surface area contributed by atoms with Crippen molar-refractivity contribution in [3.63, 3.8) is 0 Å². The van der Waals surface area contributed by atoms with Gasteiger partial charge >= 0.3 is 5.97 Å². The number of aldehydes is 1. The number of ether oxygens (including phenoxy) is 2. The second-order valence-electron chi connectivity index (χ2n) is 8.41. The van der Waals surface area contributed by atoms with Crippen molar-refractivity contribution in [2.24, 2.45) is 0 Å². The number of rotatable bonds is 10. The van der Waals surface area contributed by atoms with Crippen molar-refractivity contribution in [1.29, 1.82) is 0 Å². The molecule has 6 nitrogen and oxygen atoms in total. The number of anilines is 1. The van der Waals surface area contributed by atoms with Crippen molar-refractivity contribution < 1.29 is 19.1 Å². The topological polar surface area (TPSA) is 59.1 Å². The highest BCUT2D eigenvalue weighted by molar-refractivity contribution is 6.31. The molecule has 0 N–H and O–H groups in total. The Balaban J connectivity index is 2.16. The highest BCUT2D eigenvalue weighted by Crippen LogP contribution is 2.26. The van der Waals surface area contributed by atoms with Crippen LogP contribution >= 0.6 is 11.6 Å². The minimum Gasteiger partial charge on any atom is -0.497 e. The maximum Gasteiger partial charge on any atom is 0.320 e. The third kappa shape index (κ3) is 8.23. The minimum absolute atomic E-state index is 0.184. The number of likely N-dealkylation sites (N-methyl/N-ethyl adjacent to an activating group) is 1. The van der Waals surface area contributed by atoms with E-state index in [0.717, 1.165) is 23.3 Å². The van der Waals surface area contributed by atoms with Crippen LogP contribution in [0.15, 0.2) is 42.5 Å². The summed E-state index contributed by atoms with van der Waals surface area (Å²) in [6.45, 7) is 7.49. The average molecular weight is 447 g/mol.